The van der Waals surface area contributed by atoms with Crippen LogP contribution in [0.2, 0.25) is 0 Å². The van der Waals surface area contributed by atoms with E-state index < -0.39 is 58.5 Å². The summed E-state index contributed by atoms with van der Waals surface area (Å²) in [6, 6.07) is 0. The van der Waals surface area contributed by atoms with E-state index in [2.05, 4.69) is 59.2 Å². The van der Waals surface area contributed by atoms with Gasteiger partial charge in [0, 0.05) is 48.8 Å². The van der Waals surface area contributed by atoms with E-state index in [1.165, 1.54) is 12.2 Å². The standard InChI is InChI=1S/C48H66O19/c1-10-37(9)64-33-47(34-65-44(53)15-6,31-60-25-39(27-62-42(51)13-4)28-63-43(52)14-5)29-57-22-20-56-21-23-58-30-48(35-66-45(54)16-7,36-67-46(55)17-8)32-59-24-38(18-19-40(49)11-2)26-61-41(50)12-3/h10-17,38-39H,1-9,18-36H2. The fourth-order valence-corrected chi connectivity index (χ4v) is 5.04. The number of ketones is 1. The topological polar surface area (TPSA) is 230 Å². The fraction of sp³-hybridized carbons (Fsp3) is 0.479. The average Bonchev–Trinajstić information content (AvgIpc) is 3.35. The third-order valence-corrected chi connectivity index (χ3v) is 8.85. The highest BCUT2D eigenvalue weighted by molar-refractivity contribution is 5.89. The van der Waals surface area contributed by atoms with Crippen molar-refractivity contribution in [2.24, 2.45) is 22.7 Å². The molecule has 0 saturated carbocycles. The Morgan fingerprint density at radius 3 is 1.06 bits per heavy atom. The number of rotatable bonds is 44. The van der Waals surface area contributed by atoms with E-state index in [9.17, 15) is 33.6 Å². The average molecular weight is 947 g/mol. The molecule has 2 atom stereocenters. The minimum atomic E-state index is -1.26. The van der Waals surface area contributed by atoms with E-state index in [0.717, 1.165) is 36.5 Å². The van der Waals surface area contributed by atoms with Crippen molar-refractivity contribution in [3.05, 3.63) is 114 Å². The van der Waals surface area contributed by atoms with E-state index in [4.69, 9.17) is 56.8 Å². The number of esters is 6. The Kier molecular flexibility index (Phi) is 33.5. The summed E-state index contributed by atoms with van der Waals surface area (Å²) in [6.45, 7) is 29.3. The van der Waals surface area contributed by atoms with Gasteiger partial charge in [-0.3, -0.25) is 4.79 Å². The Morgan fingerprint density at radius 1 is 0.358 bits per heavy atom. The minimum Gasteiger partial charge on any atom is -0.493 e. The van der Waals surface area contributed by atoms with Gasteiger partial charge in [-0.1, -0.05) is 59.2 Å². The molecule has 0 aromatic rings. The van der Waals surface area contributed by atoms with E-state index in [-0.39, 0.29) is 130 Å². The Labute approximate surface area is 392 Å². The highest BCUT2D eigenvalue weighted by Crippen LogP contribution is 2.24. The van der Waals surface area contributed by atoms with Gasteiger partial charge in [0.05, 0.1) is 103 Å². The molecular formula is C48H66O19. The fourth-order valence-electron chi connectivity index (χ4n) is 5.04. The molecule has 0 aliphatic heterocycles. The summed E-state index contributed by atoms with van der Waals surface area (Å²) >= 11 is 0. The molecule has 0 aromatic carbocycles. The van der Waals surface area contributed by atoms with Crippen molar-refractivity contribution < 1.29 is 90.4 Å². The molecule has 0 rings (SSSR count). The summed E-state index contributed by atoms with van der Waals surface area (Å²) in [5.74, 6) is -5.31. The third-order valence-electron chi connectivity index (χ3n) is 8.85. The molecule has 0 amide bonds. The molecule has 0 bridgehead atoms. The second-order valence-corrected chi connectivity index (χ2v) is 14.6. The molecule has 0 N–H and O–H groups in total. The molecule has 0 aliphatic rings. The molecule has 0 fully saturated rings. The lowest BCUT2D eigenvalue weighted by molar-refractivity contribution is -0.158. The van der Waals surface area contributed by atoms with Crippen LogP contribution >= 0.6 is 0 Å². The zero-order valence-electron chi connectivity index (χ0n) is 38.3. The smallest absolute Gasteiger partial charge is 0.330 e. The van der Waals surface area contributed by atoms with Crippen molar-refractivity contribution in [2.45, 2.75) is 12.8 Å². The first kappa shape index (κ1) is 60.8. The van der Waals surface area contributed by atoms with Gasteiger partial charge in [-0.05, 0) is 18.6 Å². The maximum absolute atomic E-state index is 12.2. The molecule has 2 unspecified atom stereocenters. The van der Waals surface area contributed by atoms with Crippen molar-refractivity contribution in [2.75, 3.05) is 112 Å². The van der Waals surface area contributed by atoms with Gasteiger partial charge in [0.25, 0.3) is 0 Å². The normalized spacial score (nSPS) is 12.1. The van der Waals surface area contributed by atoms with Crippen LogP contribution in [-0.2, 0) is 90.4 Å². The summed E-state index contributed by atoms with van der Waals surface area (Å²) < 4.78 is 66.9. The Bertz CT molecular complexity index is 1460. The van der Waals surface area contributed by atoms with Gasteiger partial charge < -0.3 is 56.8 Å². The number of hydrogen-bond donors (Lipinski definition) is 0. The molecule has 372 valence electrons. The number of carbonyl (C=O) groups is 7. The number of ether oxygens (including phenoxy) is 12. The van der Waals surface area contributed by atoms with E-state index in [1.54, 1.807) is 0 Å². The van der Waals surface area contributed by atoms with Crippen molar-refractivity contribution in [3.8, 4) is 0 Å². The maximum Gasteiger partial charge on any atom is 0.330 e. The van der Waals surface area contributed by atoms with Crippen LogP contribution in [0.3, 0.4) is 0 Å². The summed E-state index contributed by atoms with van der Waals surface area (Å²) in [5, 5.41) is 0. The maximum atomic E-state index is 12.2. The van der Waals surface area contributed by atoms with E-state index in [1.807, 2.05) is 0 Å². The molecule has 0 aliphatic carbocycles. The van der Waals surface area contributed by atoms with Crippen LogP contribution in [0.15, 0.2) is 114 Å². The third kappa shape index (κ3) is 29.8. The Hall–Kier alpha value is -6.25. The number of carbonyl (C=O) groups excluding carboxylic acids is 7. The van der Waals surface area contributed by atoms with E-state index in [0.29, 0.717) is 6.42 Å². The van der Waals surface area contributed by atoms with Crippen molar-refractivity contribution in [1.29, 1.82) is 0 Å². The molecule has 0 saturated heterocycles. The lowest BCUT2D eigenvalue weighted by Crippen LogP contribution is -2.43. The van der Waals surface area contributed by atoms with Crippen molar-refractivity contribution >= 4 is 41.6 Å². The quantitative estimate of drug-likeness (QED) is 0.0211. The largest absolute Gasteiger partial charge is 0.493 e. The highest BCUT2D eigenvalue weighted by Gasteiger charge is 2.37. The molecular weight excluding hydrogens is 881 g/mol. The summed E-state index contributed by atoms with van der Waals surface area (Å²) in [7, 11) is 0. The Morgan fingerprint density at radius 2 is 0.687 bits per heavy atom. The number of allylic oxidation sites excluding steroid dienone is 2. The van der Waals surface area contributed by atoms with Gasteiger partial charge in [0.2, 0.25) is 0 Å². The van der Waals surface area contributed by atoms with Gasteiger partial charge in [0.1, 0.15) is 32.2 Å². The predicted molar refractivity (Wildman–Crippen MR) is 243 cm³/mol. The molecule has 0 heterocycles. The first-order valence-corrected chi connectivity index (χ1v) is 20.8. The molecule has 0 spiro atoms. The first-order chi connectivity index (χ1) is 32.1. The highest BCUT2D eigenvalue weighted by atomic mass is 16.6. The summed E-state index contributed by atoms with van der Waals surface area (Å²) in [5.41, 5.74) is -2.41. The van der Waals surface area contributed by atoms with E-state index >= 15 is 0 Å². The summed E-state index contributed by atoms with van der Waals surface area (Å²) in [6.07, 6.45) is 8.86. The van der Waals surface area contributed by atoms with Crippen LogP contribution in [-0.4, -0.2) is 154 Å². The first-order valence-electron chi connectivity index (χ1n) is 20.8. The van der Waals surface area contributed by atoms with Crippen LogP contribution in [0.1, 0.15) is 12.8 Å². The van der Waals surface area contributed by atoms with Crippen LogP contribution in [0, 0.1) is 22.7 Å². The molecule has 0 aromatic heterocycles. The van der Waals surface area contributed by atoms with Gasteiger partial charge in [-0.25, -0.2) is 28.8 Å². The Balaban J connectivity index is 5.87. The molecule has 19 nitrogen and oxygen atoms in total. The molecule has 0 radical (unpaired) electrons. The zero-order valence-corrected chi connectivity index (χ0v) is 38.3. The van der Waals surface area contributed by atoms with Crippen LogP contribution in [0.5, 0.6) is 0 Å². The van der Waals surface area contributed by atoms with Crippen LogP contribution in [0.4, 0.5) is 0 Å². The van der Waals surface area contributed by atoms with Crippen molar-refractivity contribution in [1.82, 2.24) is 0 Å². The monoisotopic (exact) mass is 946 g/mol. The second-order valence-electron chi connectivity index (χ2n) is 14.6. The SMILES string of the molecule is C=CC(=C)OCC(COCCOCCOCC(COCC(CCC(=O)C=C)COC(=O)C=C)(COC(=O)C=C)COC(=O)C=C)(COCC(COC(=O)C=C)COC(=O)C=C)COC(=O)C=C. The lowest BCUT2D eigenvalue weighted by Gasteiger charge is -2.33. The van der Waals surface area contributed by atoms with Crippen LogP contribution < -0.4 is 0 Å². The summed E-state index contributed by atoms with van der Waals surface area (Å²) in [4.78, 5) is 83.6. The van der Waals surface area contributed by atoms with Gasteiger partial charge in [-0.15, -0.1) is 0 Å². The van der Waals surface area contributed by atoms with Gasteiger partial charge >= 0.3 is 35.8 Å². The molecule has 67 heavy (non-hydrogen) atoms. The van der Waals surface area contributed by atoms with Gasteiger partial charge in [-0.2, -0.15) is 0 Å². The predicted octanol–water partition coefficient (Wildman–Crippen LogP) is 3.90. The number of hydrogen-bond acceptors (Lipinski definition) is 19. The second kappa shape index (κ2) is 36.9. The van der Waals surface area contributed by atoms with Crippen molar-refractivity contribution in [3.63, 3.8) is 0 Å². The minimum absolute atomic E-state index is 0.00846. The molecule has 19 heteroatoms. The zero-order chi connectivity index (χ0) is 50.4. The van der Waals surface area contributed by atoms with Gasteiger partial charge in [0.15, 0.2) is 5.78 Å². The van der Waals surface area contributed by atoms with Crippen LogP contribution in [0.25, 0.3) is 0 Å². The lowest BCUT2D eigenvalue weighted by atomic mass is 9.92.